The number of rotatable bonds is 8. The molecule has 0 saturated carbocycles. The van der Waals surface area contributed by atoms with E-state index >= 15 is 0 Å². The van der Waals surface area contributed by atoms with Crippen LogP contribution in [-0.4, -0.2) is 33.5 Å². The maximum absolute atomic E-state index is 12.6. The van der Waals surface area contributed by atoms with Crippen molar-refractivity contribution in [1.29, 1.82) is 0 Å². The van der Waals surface area contributed by atoms with Gasteiger partial charge in [-0.25, -0.2) is 0 Å². The van der Waals surface area contributed by atoms with Gasteiger partial charge < -0.3 is 10.1 Å². The molecule has 4 aromatic rings. The lowest BCUT2D eigenvalue weighted by molar-refractivity contribution is -0.113. The van der Waals surface area contributed by atoms with Crippen molar-refractivity contribution in [3.8, 4) is 11.4 Å². The van der Waals surface area contributed by atoms with Gasteiger partial charge in [0.05, 0.1) is 18.6 Å². The van der Waals surface area contributed by atoms with Crippen LogP contribution in [-0.2, 0) is 11.2 Å². The second-order valence-electron chi connectivity index (χ2n) is 6.91. The number of carbonyl (C=O) groups excluding carboxylic acids is 1. The third-order valence-electron chi connectivity index (χ3n) is 4.70. The third-order valence-corrected chi connectivity index (χ3v) is 5.88. The minimum Gasteiger partial charge on any atom is -0.495 e. The molecule has 1 heterocycles. The molecule has 0 aliphatic heterocycles. The third kappa shape index (κ3) is 5.30. The molecule has 1 N–H and O–H groups in total. The minimum absolute atomic E-state index is 0.158. The zero-order valence-corrected chi connectivity index (χ0v) is 18.9. The van der Waals surface area contributed by atoms with E-state index in [1.165, 1.54) is 11.8 Å². The van der Waals surface area contributed by atoms with E-state index in [4.69, 9.17) is 16.3 Å². The number of amides is 1. The molecule has 0 radical (unpaired) electrons. The van der Waals surface area contributed by atoms with Crippen LogP contribution in [0.25, 0.3) is 5.69 Å². The molecule has 3 aromatic carbocycles. The summed E-state index contributed by atoms with van der Waals surface area (Å²) in [6.07, 6.45) is 0.616. The summed E-state index contributed by atoms with van der Waals surface area (Å²) in [5.41, 5.74) is 2.64. The summed E-state index contributed by atoms with van der Waals surface area (Å²) in [5, 5.41) is 12.9. The van der Waals surface area contributed by atoms with Gasteiger partial charge in [-0.15, -0.1) is 10.2 Å². The quantitative estimate of drug-likeness (QED) is 0.360. The lowest BCUT2D eigenvalue weighted by Gasteiger charge is -2.11. The van der Waals surface area contributed by atoms with E-state index in [0.717, 1.165) is 17.1 Å². The highest BCUT2D eigenvalue weighted by Gasteiger charge is 2.17. The predicted octanol–water partition coefficient (Wildman–Crippen LogP) is 5.25. The number of anilines is 1. The van der Waals surface area contributed by atoms with E-state index in [1.54, 1.807) is 19.2 Å². The second kappa shape index (κ2) is 10.3. The Kier molecular flexibility index (Phi) is 7.09. The molecule has 1 aromatic heterocycles. The monoisotopic (exact) mass is 464 g/mol. The molecule has 0 saturated heterocycles. The van der Waals surface area contributed by atoms with Crippen molar-refractivity contribution in [3.05, 3.63) is 95.3 Å². The number of nitrogens with zero attached hydrogens (tertiary/aromatic N) is 3. The number of aromatic nitrogens is 3. The van der Waals surface area contributed by atoms with Crippen molar-refractivity contribution in [2.75, 3.05) is 18.2 Å². The molecule has 1 amide bonds. The van der Waals surface area contributed by atoms with Crippen LogP contribution in [0.15, 0.2) is 84.0 Å². The SMILES string of the molecule is COc1ccccc1NC(=O)CSc1nnc(Cc2ccccc2)n1-c1ccc(Cl)cc1. The van der Waals surface area contributed by atoms with Gasteiger partial charge in [0.15, 0.2) is 5.16 Å². The summed E-state index contributed by atoms with van der Waals surface area (Å²) in [6, 6.07) is 24.9. The van der Waals surface area contributed by atoms with Crippen LogP contribution in [0.1, 0.15) is 11.4 Å². The van der Waals surface area contributed by atoms with Crippen LogP contribution in [0.3, 0.4) is 0 Å². The van der Waals surface area contributed by atoms with Gasteiger partial charge in [-0.1, -0.05) is 65.8 Å². The molecule has 0 aliphatic rings. The lowest BCUT2D eigenvalue weighted by Crippen LogP contribution is -2.15. The van der Waals surface area contributed by atoms with Crippen LogP contribution in [0.5, 0.6) is 5.75 Å². The summed E-state index contributed by atoms with van der Waals surface area (Å²) >= 11 is 7.40. The number of hydrogen-bond donors (Lipinski definition) is 1. The van der Waals surface area contributed by atoms with Crippen LogP contribution in [0.2, 0.25) is 5.02 Å². The molecule has 0 atom stereocenters. The first-order valence-electron chi connectivity index (χ1n) is 9.94. The molecule has 0 aliphatic carbocycles. The number of methoxy groups -OCH3 is 1. The molecule has 0 spiro atoms. The van der Waals surface area contributed by atoms with Crippen molar-refractivity contribution in [1.82, 2.24) is 14.8 Å². The van der Waals surface area contributed by atoms with Gasteiger partial charge in [0.25, 0.3) is 0 Å². The van der Waals surface area contributed by atoms with Crippen molar-refractivity contribution in [2.24, 2.45) is 0 Å². The minimum atomic E-state index is -0.158. The molecule has 0 fully saturated rings. The molecule has 0 bridgehead atoms. The second-order valence-corrected chi connectivity index (χ2v) is 8.29. The van der Waals surface area contributed by atoms with Gasteiger partial charge in [0, 0.05) is 17.1 Å². The average Bonchev–Trinajstić information content (AvgIpc) is 3.21. The van der Waals surface area contributed by atoms with E-state index in [0.29, 0.717) is 28.0 Å². The normalized spacial score (nSPS) is 10.7. The summed E-state index contributed by atoms with van der Waals surface area (Å²) in [5.74, 6) is 1.41. The Labute approximate surface area is 195 Å². The molecule has 162 valence electrons. The maximum atomic E-state index is 12.6. The first-order chi connectivity index (χ1) is 15.6. The van der Waals surface area contributed by atoms with E-state index in [9.17, 15) is 4.79 Å². The summed E-state index contributed by atoms with van der Waals surface area (Å²) in [6.45, 7) is 0. The number of para-hydroxylation sites is 2. The molecular weight excluding hydrogens is 444 g/mol. The molecule has 32 heavy (non-hydrogen) atoms. The van der Waals surface area contributed by atoms with Crippen molar-refractivity contribution in [3.63, 3.8) is 0 Å². The van der Waals surface area contributed by atoms with Gasteiger partial charge in [0.1, 0.15) is 11.6 Å². The zero-order valence-electron chi connectivity index (χ0n) is 17.4. The maximum Gasteiger partial charge on any atom is 0.234 e. The Morgan fingerprint density at radius 1 is 1.00 bits per heavy atom. The Morgan fingerprint density at radius 2 is 1.72 bits per heavy atom. The van der Waals surface area contributed by atoms with E-state index < -0.39 is 0 Å². The predicted molar refractivity (Wildman–Crippen MR) is 128 cm³/mol. The van der Waals surface area contributed by atoms with Crippen LogP contribution in [0, 0.1) is 0 Å². The lowest BCUT2D eigenvalue weighted by atomic mass is 10.1. The van der Waals surface area contributed by atoms with Crippen molar-refractivity contribution >= 4 is 35.0 Å². The molecule has 8 heteroatoms. The summed E-state index contributed by atoms with van der Waals surface area (Å²) < 4.78 is 7.26. The van der Waals surface area contributed by atoms with Gasteiger partial charge in [-0.05, 0) is 42.0 Å². The van der Waals surface area contributed by atoms with Gasteiger partial charge >= 0.3 is 0 Å². The van der Waals surface area contributed by atoms with Crippen LogP contribution in [0.4, 0.5) is 5.69 Å². The highest BCUT2D eigenvalue weighted by molar-refractivity contribution is 7.99. The summed E-state index contributed by atoms with van der Waals surface area (Å²) in [7, 11) is 1.57. The Bertz CT molecular complexity index is 1200. The first kappa shape index (κ1) is 21.9. The van der Waals surface area contributed by atoms with Crippen molar-refractivity contribution < 1.29 is 9.53 Å². The largest absolute Gasteiger partial charge is 0.495 e. The molecule has 6 nitrogen and oxygen atoms in total. The number of ether oxygens (including phenoxy) is 1. The highest BCUT2D eigenvalue weighted by atomic mass is 35.5. The van der Waals surface area contributed by atoms with E-state index in [-0.39, 0.29) is 11.7 Å². The topological polar surface area (TPSA) is 69.0 Å². The number of halogens is 1. The number of carbonyl (C=O) groups is 1. The van der Waals surface area contributed by atoms with Gasteiger partial charge in [0.2, 0.25) is 5.91 Å². The fourth-order valence-corrected chi connectivity index (χ4v) is 4.10. The van der Waals surface area contributed by atoms with Crippen LogP contribution >= 0.6 is 23.4 Å². The van der Waals surface area contributed by atoms with Crippen molar-refractivity contribution in [2.45, 2.75) is 11.6 Å². The zero-order chi connectivity index (χ0) is 22.3. The van der Waals surface area contributed by atoms with E-state index in [1.807, 2.05) is 71.3 Å². The Morgan fingerprint density at radius 3 is 2.47 bits per heavy atom. The first-order valence-corrected chi connectivity index (χ1v) is 11.3. The fourth-order valence-electron chi connectivity index (χ4n) is 3.20. The Hall–Kier alpha value is -3.29. The number of nitrogens with one attached hydrogen (secondary N) is 1. The smallest absolute Gasteiger partial charge is 0.234 e. The highest BCUT2D eigenvalue weighted by Crippen LogP contribution is 2.26. The van der Waals surface area contributed by atoms with Gasteiger partial charge in [-0.3, -0.25) is 9.36 Å². The number of thioether (sulfide) groups is 1. The standard InChI is InChI=1S/C24H21ClN4O2S/c1-31-21-10-6-5-9-20(21)26-23(30)16-32-24-28-27-22(15-17-7-3-2-4-8-17)29(24)19-13-11-18(25)12-14-19/h2-14H,15-16H2,1H3,(H,26,30). The van der Waals surface area contributed by atoms with E-state index in [2.05, 4.69) is 15.5 Å². The average molecular weight is 465 g/mol. The molecule has 4 rings (SSSR count). The molecular formula is C24H21ClN4O2S. The van der Waals surface area contributed by atoms with Crippen LogP contribution < -0.4 is 10.1 Å². The number of hydrogen-bond acceptors (Lipinski definition) is 5. The molecule has 0 unspecified atom stereocenters. The Balaban J connectivity index is 1.55. The number of benzene rings is 3. The fraction of sp³-hybridized carbons (Fsp3) is 0.125. The van der Waals surface area contributed by atoms with Gasteiger partial charge in [-0.2, -0.15) is 0 Å². The summed E-state index contributed by atoms with van der Waals surface area (Å²) in [4.78, 5) is 12.6.